The fourth-order valence-electron chi connectivity index (χ4n) is 4.55. The molecule has 0 aromatic heterocycles. The summed E-state index contributed by atoms with van der Waals surface area (Å²) in [4.78, 5) is 28.8. The van der Waals surface area contributed by atoms with Gasteiger partial charge in [-0.05, 0) is 66.1 Å². The lowest BCUT2D eigenvalue weighted by Gasteiger charge is -2.31. The van der Waals surface area contributed by atoms with Crippen molar-refractivity contribution in [1.29, 1.82) is 0 Å². The molecule has 0 aliphatic carbocycles. The minimum atomic E-state index is -3.94. The van der Waals surface area contributed by atoms with Crippen molar-refractivity contribution in [3.05, 3.63) is 126 Å². The normalized spacial score (nSPS) is 11.8. The van der Waals surface area contributed by atoms with Crippen molar-refractivity contribution in [2.24, 2.45) is 0 Å². The first kappa shape index (κ1) is 33.2. The lowest BCUT2D eigenvalue weighted by Crippen LogP contribution is -2.51. The molecule has 2 amide bonds. The quantitative estimate of drug-likeness (QED) is 0.172. The van der Waals surface area contributed by atoms with E-state index in [1.807, 2.05) is 60.7 Å². The van der Waals surface area contributed by atoms with Gasteiger partial charge < -0.3 is 19.7 Å². The summed E-state index contributed by atoms with van der Waals surface area (Å²) in [5.74, 6) is -0.915. The van der Waals surface area contributed by atoms with Crippen LogP contribution in [0.25, 0.3) is 0 Å². The predicted octanol–water partition coefficient (Wildman–Crippen LogP) is 4.80. The first-order valence-electron chi connectivity index (χ1n) is 14.4. The molecule has 0 aliphatic rings. The molecule has 0 bridgehead atoms. The van der Waals surface area contributed by atoms with E-state index in [1.54, 1.807) is 7.11 Å². The van der Waals surface area contributed by atoms with Gasteiger partial charge in [-0.3, -0.25) is 14.3 Å². The summed E-state index contributed by atoms with van der Waals surface area (Å²) < 4.78 is 52.0. The molecule has 2 N–H and O–H groups in total. The Morgan fingerprint density at radius 1 is 0.844 bits per heavy atom. The van der Waals surface area contributed by atoms with Gasteiger partial charge in [-0.15, -0.1) is 0 Å². The highest BCUT2D eigenvalue weighted by Gasteiger charge is 2.30. The SMILES string of the molecule is COCCCNC(=O)C(Cc1ccccc1)N(Cc1ccccc1)C(=O)COc1ccc(S(=O)(=O)Nc2ccc(F)cc2)cc1. The van der Waals surface area contributed by atoms with Gasteiger partial charge in [0.15, 0.2) is 6.61 Å². The highest BCUT2D eigenvalue weighted by Crippen LogP contribution is 2.21. The Hall–Kier alpha value is -4.74. The molecular weight excluding hydrogens is 597 g/mol. The van der Waals surface area contributed by atoms with Gasteiger partial charge in [0.05, 0.1) is 4.90 Å². The van der Waals surface area contributed by atoms with E-state index in [0.717, 1.165) is 23.3 Å². The van der Waals surface area contributed by atoms with Crippen molar-refractivity contribution in [2.45, 2.75) is 30.3 Å². The number of hydrogen-bond donors (Lipinski definition) is 2. The van der Waals surface area contributed by atoms with Crippen LogP contribution in [0.15, 0.2) is 114 Å². The van der Waals surface area contributed by atoms with Gasteiger partial charge in [0, 0.05) is 38.9 Å². The molecule has 4 aromatic carbocycles. The fraction of sp³-hybridized carbons (Fsp3) is 0.235. The van der Waals surface area contributed by atoms with Gasteiger partial charge in [0.25, 0.3) is 15.9 Å². The van der Waals surface area contributed by atoms with Crippen LogP contribution in [0.2, 0.25) is 0 Å². The number of nitrogens with zero attached hydrogens (tertiary/aromatic N) is 1. The second kappa shape index (κ2) is 16.4. The number of benzene rings is 4. The third kappa shape index (κ3) is 10.2. The van der Waals surface area contributed by atoms with Crippen LogP contribution >= 0.6 is 0 Å². The van der Waals surface area contributed by atoms with Crippen LogP contribution in [0.4, 0.5) is 10.1 Å². The fourth-order valence-corrected chi connectivity index (χ4v) is 5.61. The Balaban J connectivity index is 1.50. The Kier molecular flexibility index (Phi) is 12.1. The lowest BCUT2D eigenvalue weighted by atomic mass is 10.0. The standard InChI is InChI=1S/C34H36FN3O6S/c1-43-22-8-21-36-34(40)32(23-26-9-4-2-5-10-26)38(24-27-11-6-3-7-12-27)33(39)25-44-30-17-19-31(20-18-30)45(41,42)37-29-15-13-28(35)14-16-29/h2-7,9-20,32,37H,8,21-25H2,1H3,(H,36,40). The Bertz CT molecular complexity index is 1620. The summed E-state index contributed by atoms with van der Waals surface area (Å²) in [6.45, 7) is 0.687. The molecule has 4 aromatic rings. The summed E-state index contributed by atoms with van der Waals surface area (Å²) in [6.07, 6.45) is 0.921. The number of anilines is 1. The smallest absolute Gasteiger partial charge is 0.261 e. The number of nitrogens with one attached hydrogen (secondary N) is 2. The molecule has 0 radical (unpaired) electrons. The zero-order chi connectivity index (χ0) is 32.1. The van der Waals surface area contributed by atoms with Crippen molar-refractivity contribution >= 4 is 27.5 Å². The molecule has 1 atom stereocenters. The highest BCUT2D eigenvalue weighted by molar-refractivity contribution is 7.92. The summed E-state index contributed by atoms with van der Waals surface area (Å²) in [7, 11) is -2.34. The summed E-state index contributed by atoms with van der Waals surface area (Å²) in [5.41, 5.74) is 1.96. The summed E-state index contributed by atoms with van der Waals surface area (Å²) in [6, 6.07) is 28.6. The van der Waals surface area contributed by atoms with Crippen molar-refractivity contribution in [2.75, 3.05) is 31.6 Å². The predicted molar refractivity (Wildman–Crippen MR) is 170 cm³/mol. The van der Waals surface area contributed by atoms with E-state index in [-0.39, 0.29) is 35.4 Å². The lowest BCUT2D eigenvalue weighted by molar-refractivity contribution is -0.142. The molecule has 11 heteroatoms. The summed E-state index contributed by atoms with van der Waals surface area (Å²) >= 11 is 0. The number of amides is 2. The van der Waals surface area contributed by atoms with Crippen LogP contribution in [-0.2, 0) is 37.3 Å². The van der Waals surface area contributed by atoms with Crippen LogP contribution in [-0.4, -0.2) is 58.0 Å². The van der Waals surface area contributed by atoms with Crippen molar-refractivity contribution in [3.8, 4) is 5.75 Å². The van der Waals surface area contributed by atoms with E-state index in [4.69, 9.17) is 9.47 Å². The number of sulfonamides is 1. The molecule has 0 saturated carbocycles. The molecule has 45 heavy (non-hydrogen) atoms. The van der Waals surface area contributed by atoms with Gasteiger partial charge in [0.1, 0.15) is 17.6 Å². The maximum absolute atomic E-state index is 13.8. The number of carbonyl (C=O) groups is 2. The van der Waals surface area contributed by atoms with E-state index < -0.39 is 27.8 Å². The number of halogens is 1. The first-order valence-corrected chi connectivity index (χ1v) is 15.9. The zero-order valence-electron chi connectivity index (χ0n) is 24.9. The van der Waals surface area contributed by atoms with Crippen LogP contribution < -0.4 is 14.8 Å². The van der Waals surface area contributed by atoms with Gasteiger partial charge in [-0.2, -0.15) is 0 Å². The first-order chi connectivity index (χ1) is 21.7. The van der Waals surface area contributed by atoms with E-state index in [9.17, 15) is 22.4 Å². The summed E-state index contributed by atoms with van der Waals surface area (Å²) in [5, 5.41) is 2.94. The van der Waals surface area contributed by atoms with E-state index >= 15 is 0 Å². The molecule has 0 heterocycles. The van der Waals surface area contributed by atoms with Gasteiger partial charge in [-0.25, -0.2) is 12.8 Å². The van der Waals surface area contributed by atoms with Gasteiger partial charge >= 0.3 is 0 Å². The average molecular weight is 634 g/mol. The largest absolute Gasteiger partial charge is 0.484 e. The number of carbonyl (C=O) groups excluding carboxylic acids is 2. The third-order valence-electron chi connectivity index (χ3n) is 6.88. The molecule has 0 fully saturated rings. The molecular formula is C34H36FN3O6S. The van der Waals surface area contributed by atoms with E-state index in [0.29, 0.717) is 26.0 Å². The van der Waals surface area contributed by atoms with Crippen LogP contribution in [0.3, 0.4) is 0 Å². The number of methoxy groups -OCH3 is 1. The zero-order valence-corrected chi connectivity index (χ0v) is 25.7. The second-order valence-corrected chi connectivity index (χ2v) is 11.9. The Morgan fingerprint density at radius 3 is 2.09 bits per heavy atom. The monoisotopic (exact) mass is 633 g/mol. The molecule has 236 valence electrons. The second-order valence-electron chi connectivity index (χ2n) is 10.2. The maximum Gasteiger partial charge on any atom is 0.261 e. The van der Waals surface area contributed by atoms with E-state index in [2.05, 4.69) is 10.0 Å². The molecule has 4 rings (SSSR count). The molecule has 1 unspecified atom stereocenters. The minimum absolute atomic E-state index is 0.0377. The number of ether oxygens (including phenoxy) is 2. The molecule has 9 nitrogen and oxygen atoms in total. The van der Waals surface area contributed by atoms with Gasteiger partial charge in [0.2, 0.25) is 5.91 Å². The minimum Gasteiger partial charge on any atom is -0.484 e. The highest BCUT2D eigenvalue weighted by atomic mass is 32.2. The van der Waals surface area contributed by atoms with Crippen LogP contribution in [0, 0.1) is 5.82 Å². The number of rotatable bonds is 16. The van der Waals surface area contributed by atoms with Crippen LogP contribution in [0.5, 0.6) is 5.75 Å². The number of hydrogen-bond acceptors (Lipinski definition) is 6. The van der Waals surface area contributed by atoms with Crippen LogP contribution in [0.1, 0.15) is 17.5 Å². The molecule has 0 spiro atoms. The van der Waals surface area contributed by atoms with Crippen molar-refractivity contribution in [1.82, 2.24) is 10.2 Å². The molecule has 0 saturated heterocycles. The maximum atomic E-state index is 13.8. The topological polar surface area (TPSA) is 114 Å². The van der Waals surface area contributed by atoms with E-state index in [1.165, 1.54) is 41.3 Å². The third-order valence-corrected chi connectivity index (χ3v) is 8.28. The van der Waals surface area contributed by atoms with Crippen molar-refractivity contribution < 1.29 is 31.9 Å². The Morgan fingerprint density at radius 2 is 1.47 bits per heavy atom. The van der Waals surface area contributed by atoms with Crippen molar-refractivity contribution in [3.63, 3.8) is 0 Å². The molecule has 0 aliphatic heterocycles. The Labute approximate surface area is 263 Å². The average Bonchev–Trinajstić information content (AvgIpc) is 3.05. The van der Waals surface area contributed by atoms with Gasteiger partial charge in [-0.1, -0.05) is 60.7 Å².